The van der Waals surface area contributed by atoms with Gasteiger partial charge in [-0.15, -0.1) is 0 Å². The molecule has 1 amide bonds. The van der Waals surface area contributed by atoms with Crippen LogP contribution in [0.25, 0.3) is 0 Å². The summed E-state index contributed by atoms with van der Waals surface area (Å²) in [6.45, 7) is 10.2. The summed E-state index contributed by atoms with van der Waals surface area (Å²) >= 11 is 0. The number of carbonyl (C=O) groups excluding carboxylic acids is 1. The number of hydrogen-bond donors (Lipinski definition) is 1. The monoisotopic (exact) mass is 371 g/mol. The highest BCUT2D eigenvalue weighted by molar-refractivity contribution is 5.92. The van der Waals surface area contributed by atoms with Crippen molar-refractivity contribution in [2.75, 3.05) is 38.0 Å². The molecule has 1 heterocycles. The SMILES string of the molecule is CCC(C)C(=O)Nc1ccc(CN2CCN(CC)CC2)c(C(F)(F)F)c1. The average molecular weight is 371 g/mol. The fraction of sp³-hybridized carbons (Fsp3) is 0.632. The topological polar surface area (TPSA) is 35.6 Å². The third kappa shape index (κ3) is 5.45. The van der Waals surface area contributed by atoms with E-state index in [0.29, 0.717) is 6.42 Å². The summed E-state index contributed by atoms with van der Waals surface area (Å²) in [4.78, 5) is 16.3. The van der Waals surface area contributed by atoms with Crippen LogP contribution in [0, 0.1) is 5.92 Å². The van der Waals surface area contributed by atoms with Crippen LogP contribution < -0.4 is 5.32 Å². The van der Waals surface area contributed by atoms with Crippen molar-refractivity contribution in [2.24, 2.45) is 5.92 Å². The lowest BCUT2D eigenvalue weighted by molar-refractivity contribution is -0.138. The molecule has 26 heavy (non-hydrogen) atoms. The molecular formula is C19H28F3N3O. The maximum absolute atomic E-state index is 13.5. The van der Waals surface area contributed by atoms with Gasteiger partial charge in [-0.25, -0.2) is 0 Å². The Morgan fingerprint density at radius 1 is 1.15 bits per heavy atom. The molecule has 1 saturated heterocycles. The Balaban J connectivity index is 2.15. The van der Waals surface area contributed by atoms with Crippen LogP contribution in [0.4, 0.5) is 18.9 Å². The Morgan fingerprint density at radius 2 is 1.77 bits per heavy atom. The van der Waals surface area contributed by atoms with Gasteiger partial charge in [0.2, 0.25) is 5.91 Å². The first-order valence-corrected chi connectivity index (χ1v) is 9.20. The van der Waals surface area contributed by atoms with E-state index < -0.39 is 11.7 Å². The number of alkyl halides is 3. The molecule has 1 fully saturated rings. The molecule has 1 aromatic rings. The lowest BCUT2D eigenvalue weighted by Gasteiger charge is -2.34. The number of piperazine rings is 1. The second kappa shape index (κ2) is 8.86. The molecule has 7 heteroatoms. The van der Waals surface area contributed by atoms with E-state index in [4.69, 9.17) is 0 Å². The molecule has 146 valence electrons. The molecule has 1 N–H and O–H groups in total. The largest absolute Gasteiger partial charge is 0.416 e. The number of anilines is 1. The van der Waals surface area contributed by atoms with Crippen molar-refractivity contribution in [3.63, 3.8) is 0 Å². The summed E-state index contributed by atoms with van der Waals surface area (Å²) in [6, 6.07) is 4.10. The van der Waals surface area contributed by atoms with Gasteiger partial charge in [-0.1, -0.05) is 26.8 Å². The number of rotatable bonds is 6. The van der Waals surface area contributed by atoms with Crippen LogP contribution in [0.15, 0.2) is 18.2 Å². The van der Waals surface area contributed by atoms with Gasteiger partial charge in [0.05, 0.1) is 5.56 Å². The van der Waals surface area contributed by atoms with E-state index >= 15 is 0 Å². The summed E-state index contributed by atoms with van der Waals surface area (Å²) in [6.07, 6.45) is -3.81. The fourth-order valence-corrected chi connectivity index (χ4v) is 3.01. The molecule has 1 aromatic carbocycles. The van der Waals surface area contributed by atoms with Gasteiger partial charge in [-0.3, -0.25) is 9.69 Å². The smallest absolute Gasteiger partial charge is 0.326 e. The van der Waals surface area contributed by atoms with Crippen LogP contribution in [0.3, 0.4) is 0 Å². The molecule has 1 unspecified atom stereocenters. The molecule has 1 atom stereocenters. The predicted molar refractivity (Wildman–Crippen MR) is 96.9 cm³/mol. The van der Waals surface area contributed by atoms with Gasteiger partial charge < -0.3 is 10.2 Å². The molecule has 0 radical (unpaired) electrons. The quantitative estimate of drug-likeness (QED) is 0.826. The Hall–Kier alpha value is -1.60. The number of carbonyl (C=O) groups is 1. The maximum atomic E-state index is 13.5. The Kier molecular flexibility index (Phi) is 7.06. The van der Waals surface area contributed by atoms with Crippen LogP contribution >= 0.6 is 0 Å². The maximum Gasteiger partial charge on any atom is 0.416 e. The van der Waals surface area contributed by atoms with Gasteiger partial charge in [0.1, 0.15) is 0 Å². The highest BCUT2D eigenvalue weighted by Gasteiger charge is 2.34. The molecule has 4 nitrogen and oxygen atoms in total. The van der Waals surface area contributed by atoms with Crippen molar-refractivity contribution in [1.82, 2.24) is 9.80 Å². The lowest BCUT2D eigenvalue weighted by atomic mass is 10.0. The first kappa shape index (κ1) is 20.7. The van der Waals surface area contributed by atoms with Crippen molar-refractivity contribution in [3.8, 4) is 0 Å². The van der Waals surface area contributed by atoms with E-state index in [1.807, 2.05) is 11.8 Å². The number of benzene rings is 1. The standard InChI is InChI=1S/C19H28F3N3O/c1-4-14(3)18(26)23-16-7-6-15(17(12-16)19(20,21)22)13-25-10-8-24(5-2)9-11-25/h6-7,12,14H,4-5,8-11,13H2,1-3H3,(H,23,26). The Labute approximate surface area is 153 Å². The second-order valence-corrected chi connectivity index (χ2v) is 6.88. The summed E-state index contributed by atoms with van der Waals surface area (Å²) in [5.74, 6) is -0.497. The van der Waals surface area contributed by atoms with Gasteiger partial charge >= 0.3 is 6.18 Å². The highest BCUT2D eigenvalue weighted by atomic mass is 19.4. The zero-order valence-corrected chi connectivity index (χ0v) is 15.7. The number of amides is 1. The van der Waals surface area contributed by atoms with Crippen LogP contribution in [-0.4, -0.2) is 48.4 Å². The summed E-state index contributed by atoms with van der Waals surface area (Å²) in [5.41, 5.74) is -0.219. The predicted octanol–water partition coefficient (Wildman–Crippen LogP) is 3.83. The number of nitrogens with one attached hydrogen (secondary N) is 1. The van der Waals surface area contributed by atoms with Gasteiger partial charge in [0.25, 0.3) is 0 Å². The van der Waals surface area contributed by atoms with Crippen molar-refractivity contribution in [1.29, 1.82) is 0 Å². The van der Waals surface area contributed by atoms with Gasteiger partial charge in [-0.2, -0.15) is 13.2 Å². The molecule has 0 aromatic heterocycles. The minimum atomic E-state index is -4.45. The molecule has 2 rings (SSSR count). The summed E-state index contributed by atoms with van der Waals surface area (Å²) in [7, 11) is 0. The molecule has 0 spiro atoms. The molecule has 0 bridgehead atoms. The average Bonchev–Trinajstić information content (AvgIpc) is 2.62. The van der Waals surface area contributed by atoms with Crippen molar-refractivity contribution in [2.45, 2.75) is 39.9 Å². The van der Waals surface area contributed by atoms with Crippen molar-refractivity contribution < 1.29 is 18.0 Å². The van der Waals surface area contributed by atoms with Crippen LogP contribution in [-0.2, 0) is 17.5 Å². The molecular weight excluding hydrogens is 343 g/mol. The van der Waals surface area contributed by atoms with E-state index in [1.165, 1.54) is 6.07 Å². The van der Waals surface area contributed by atoms with Crippen LogP contribution in [0.5, 0.6) is 0 Å². The lowest BCUT2D eigenvalue weighted by Crippen LogP contribution is -2.45. The second-order valence-electron chi connectivity index (χ2n) is 6.88. The minimum Gasteiger partial charge on any atom is -0.326 e. The number of halogens is 3. The summed E-state index contributed by atoms with van der Waals surface area (Å²) < 4.78 is 40.6. The minimum absolute atomic E-state index is 0.196. The zero-order valence-electron chi connectivity index (χ0n) is 15.7. The van der Waals surface area contributed by atoms with Crippen LogP contribution in [0.2, 0.25) is 0 Å². The molecule has 1 aliphatic rings. The first-order valence-electron chi connectivity index (χ1n) is 9.20. The number of nitrogens with zero attached hydrogens (tertiary/aromatic N) is 2. The summed E-state index contributed by atoms with van der Waals surface area (Å²) in [5, 5.41) is 2.59. The van der Waals surface area contributed by atoms with Gasteiger partial charge in [-0.05, 0) is 30.7 Å². The molecule has 0 saturated carbocycles. The number of hydrogen-bond acceptors (Lipinski definition) is 3. The first-order chi connectivity index (χ1) is 12.2. The number of likely N-dealkylation sites (N-methyl/N-ethyl adjacent to an activating group) is 1. The van der Waals surface area contributed by atoms with Crippen molar-refractivity contribution in [3.05, 3.63) is 29.3 Å². The van der Waals surface area contributed by atoms with E-state index in [-0.39, 0.29) is 29.6 Å². The van der Waals surface area contributed by atoms with Crippen LogP contribution in [0.1, 0.15) is 38.3 Å². The van der Waals surface area contributed by atoms with E-state index in [9.17, 15) is 18.0 Å². The van der Waals surface area contributed by atoms with Crippen molar-refractivity contribution >= 4 is 11.6 Å². The van der Waals surface area contributed by atoms with Gasteiger partial charge in [0, 0.05) is 44.3 Å². The molecule has 0 aliphatic carbocycles. The zero-order chi connectivity index (χ0) is 19.3. The Bertz CT molecular complexity index is 611. The van der Waals surface area contributed by atoms with E-state index in [2.05, 4.69) is 17.1 Å². The van der Waals surface area contributed by atoms with E-state index in [0.717, 1.165) is 38.8 Å². The molecule has 1 aliphatic heterocycles. The third-order valence-corrected chi connectivity index (χ3v) is 5.05. The fourth-order valence-electron chi connectivity index (χ4n) is 3.01. The normalized spacial score (nSPS) is 17.9. The van der Waals surface area contributed by atoms with E-state index in [1.54, 1.807) is 13.0 Å². The highest BCUT2D eigenvalue weighted by Crippen LogP contribution is 2.34. The van der Waals surface area contributed by atoms with Gasteiger partial charge in [0.15, 0.2) is 0 Å². The Morgan fingerprint density at radius 3 is 2.31 bits per heavy atom. The third-order valence-electron chi connectivity index (χ3n) is 5.05.